The molecule has 0 aromatic heterocycles. The van der Waals surface area contributed by atoms with Crippen molar-refractivity contribution >= 4 is 5.97 Å². The molecule has 0 atom stereocenters. The fraction of sp³-hybridized carbons (Fsp3) is 0.833. The van der Waals surface area contributed by atoms with Gasteiger partial charge in [-0.15, -0.1) is 0 Å². The number of hydrogen-bond acceptors (Lipinski definition) is 1. The van der Waals surface area contributed by atoms with Gasteiger partial charge in [-0.2, -0.15) is 0 Å². The van der Waals surface area contributed by atoms with Gasteiger partial charge in [0, 0.05) is 0 Å². The number of carboxylic acid groups (broad SMARTS) is 1. The molecule has 0 amide bonds. The van der Waals surface area contributed by atoms with E-state index in [1.165, 1.54) is 0 Å². The summed E-state index contributed by atoms with van der Waals surface area (Å²) in [5.41, 5.74) is -0.218. The molecule has 3 aliphatic carbocycles. The second-order valence-corrected chi connectivity index (χ2v) is 3.06. The Morgan fingerprint density at radius 3 is 2.00 bits per heavy atom. The van der Waals surface area contributed by atoms with Crippen molar-refractivity contribution < 1.29 is 9.90 Å². The molecule has 2 bridgehead atoms. The third kappa shape index (κ3) is 0.261. The molecule has 3 rings (SSSR count). The van der Waals surface area contributed by atoms with Crippen molar-refractivity contribution in [1.29, 1.82) is 0 Å². The topological polar surface area (TPSA) is 37.3 Å². The van der Waals surface area contributed by atoms with Crippen LogP contribution >= 0.6 is 0 Å². The smallest absolute Gasteiger partial charge is 0.309 e. The van der Waals surface area contributed by atoms with E-state index in [-0.39, 0.29) is 5.41 Å². The molecular weight excluding hydrogens is 104 g/mol. The molecule has 3 fully saturated rings. The highest BCUT2D eigenvalue weighted by molar-refractivity contribution is 5.78. The zero-order valence-electron chi connectivity index (χ0n) is 4.55. The highest BCUT2D eigenvalue weighted by Gasteiger charge is 2.61. The van der Waals surface area contributed by atoms with Crippen molar-refractivity contribution in [2.75, 3.05) is 0 Å². The average Bonchev–Trinajstić information content (AvgIpc) is 1.16. The van der Waals surface area contributed by atoms with Crippen LogP contribution in [0, 0.1) is 11.3 Å². The quantitative estimate of drug-likeness (QED) is 0.546. The lowest BCUT2D eigenvalue weighted by atomic mass is 9.44. The maximum Gasteiger partial charge on any atom is 0.309 e. The van der Waals surface area contributed by atoms with Crippen molar-refractivity contribution in [2.24, 2.45) is 11.3 Å². The van der Waals surface area contributed by atoms with Crippen LogP contribution < -0.4 is 0 Å². The average molecular weight is 112 g/mol. The van der Waals surface area contributed by atoms with E-state index in [0.717, 1.165) is 25.2 Å². The molecule has 44 valence electrons. The fourth-order valence-electron chi connectivity index (χ4n) is 1.74. The van der Waals surface area contributed by atoms with E-state index in [0.29, 0.717) is 0 Å². The number of rotatable bonds is 1. The Hall–Kier alpha value is -0.530. The van der Waals surface area contributed by atoms with Gasteiger partial charge in [0.15, 0.2) is 0 Å². The SMILES string of the molecule is O=C(O)C12CC(C1)C2. The number of aliphatic carboxylic acids is 1. The Morgan fingerprint density at radius 1 is 1.50 bits per heavy atom. The molecule has 2 heteroatoms. The van der Waals surface area contributed by atoms with E-state index < -0.39 is 5.97 Å². The maximum atomic E-state index is 10.3. The lowest BCUT2D eigenvalue weighted by Gasteiger charge is -2.58. The highest BCUT2D eigenvalue weighted by atomic mass is 16.4. The van der Waals surface area contributed by atoms with E-state index in [1.807, 2.05) is 0 Å². The summed E-state index contributed by atoms with van der Waals surface area (Å²) in [6, 6.07) is 0. The summed E-state index contributed by atoms with van der Waals surface area (Å²) >= 11 is 0. The third-order valence-electron chi connectivity index (χ3n) is 2.49. The van der Waals surface area contributed by atoms with E-state index in [9.17, 15) is 4.79 Å². The van der Waals surface area contributed by atoms with Crippen molar-refractivity contribution in [3.8, 4) is 0 Å². The highest BCUT2D eigenvalue weighted by Crippen LogP contribution is 2.64. The van der Waals surface area contributed by atoms with Crippen LogP contribution in [0.4, 0.5) is 0 Å². The summed E-state index contributed by atoms with van der Waals surface area (Å²) in [5.74, 6) is 0.214. The summed E-state index contributed by atoms with van der Waals surface area (Å²) in [7, 11) is 0. The van der Waals surface area contributed by atoms with Crippen LogP contribution in [-0.4, -0.2) is 11.1 Å². The summed E-state index contributed by atoms with van der Waals surface area (Å²) in [5, 5.41) is 8.53. The van der Waals surface area contributed by atoms with Gasteiger partial charge in [0.25, 0.3) is 0 Å². The molecule has 0 unspecified atom stereocenters. The minimum absolute atomic E-state index is 0.218. The molecule has 1 N–H and O–H groups in total. The molecule has 2 nitrogen and oxygen atoms in total. The first-order valence-corrected chi connectivity index (χ1v) is 2.96. The van der Waals surface area contributed by atoms with Gasteiger partial charge in [0.05, 0.1) is 5.41 Å². The van der Waals surface area contributed by atoms with E-state index in [2.05, 4.69) is 0 Å². The molecule has 0 aromatic carbocycles. The minimum atomic E-state index is -0.569. The summed E-state index contributed by atoms with van der Waals surface area (Å²) < 4.78 is 0. The molecule has 0 saturated heterocycles. The van der Waals surface area contributed by atoms with E-state index in [4.69, 9.17) is 5.11 Å². The fourth-order valence-corrected chi connectivity index (χ4v) is 1.74. The zero-order valence-corrected chi connectivity index (χ0v) is 4.55. The monoisotopic (exact) mass is 112 g/mol. The first-order valence-electron chi connectivity index (χ1n) is 2.96. The van der Waals surface area contributed by atoms with Crippen LogP contribution in [0.1, 0.15) is 19.3 Å². The van der Waals surface area contributed by atoms with Crippen LogP contribution in [0.15, 0.2) is 0 Å². The second kappa shape index (κ2) is 0.925. The van der Waals surface area contributed by atoms with Gasteiger partial charge in [0.2, 0.25) is 0 Å². The largest absolute Gasteiger partial charge is 0.481 e. The standard InChI is InChI=1S/C6H8O2/c7-5(8)6-1-4(2-6)3-6/h4H,1-3H2,(H,7,8). The Bertz CT molecular complexity index is 134. The summed E-state index contributed by atoms with van der Waals surface area (Å²) in [6.07, 6.45) is 2.88. The van der Waals surface area contributed by atoms with E-state index in [1.54, 1.807) is 0 Å². The lowest BCUT2D eigenvalue weighted by molar-refractivity contribution is -0.184. The van der Waals surface area contributed by atoms with Crippen molar-refractivity contribution in [1.82, 2.24) is 0 Å². The van der Waals surface area contributed by atoms with Crippen LogP contribution in [0.5, 0.6) is 0 Å². The van der Waals surface area contributed by atoms with Gasteiger partial charge in [0.1, 0.15) is 0 Å². The molecule has 8 heavy (non-hydrogen) atoms. The minimum Gasteiger partial charge on any atom is -0.481 e. The molecular formula is C6H8O2. The van der Waals surface area contributed by atoms with Gasteiger partial charge in [-0.3, -0.25) is 4.79 Å². The molecule has 3 saturated carbocycles. The third-order valence-corrected chi connectivity index (χ3v) is 2.49. The van der Waals surface area contributed by atoms with Gasteiger partial charge < -0.3 is 5.11 Å². The maximum absolute atomic E-state index is 10.3. The first kappa shape index (κ1) is 4.36. The van der Waals surface area contributed by atoms with Crippen LogP contribution in [-0.2, 0) is 4.79 Å². The normalized spacial score (nSPS) is 49.2. The Balaban J connectivity index is 2.15. The second-order valence-electron chi connectivity index (χ2n) is 3.06. The Labute approximate surface area is 47.5 Å². The Kier molecular flexibility index (Phi) is 0.504. The van der Waals surface area contributed by atoms with Crippen LogP contribution in [0.3, 0.4) is 0 Å². The molecule has 3 aliphatic rings. The lowest BCUT2D eigenvalue weighted by Crippen LogP contribution is -2.56. The molecule has 0 radical (unpaired) electrons. The predicted molar refractivity (Wildman–Crippen MR) is 27.4 cm³/mol. The van der Waals surface area contributed by atoms with Crippen molar-refractivity contribution in [3.63, 3.8) is 0 Å². The molecule has 0 aromatic rings. The number of carboxylic acids is 1. The Morgan fingerprint density at radius 2 is 2.00 bits per heavy atom. The van der Waals surface area contributed by atoms with Gasteiger partial charge in [-0.05, 0) is 25.2 Å². The zero-order chi connectivity index (χ0) is 5.78. The predicted octanol–water partition coefficient (Wildman–Crippen LogP) is 0.871. The molecule has 0 aliphatic heterocycles. The summed E-state index contributed by atoms with van der Waals surface area (Å²) in [6.45, 7) is 0. The number of hydrogen-bond donors (Lipinski definition) is 1. The molecule has 0 spiro atoms. The van der Waals surface area contributed by atoms with E-state index >= 15 is 0 Å². The van der Waals surface area contributed by atoms with Gasteiger partial charge in [-0.1, -0.05) is 0 Å². The van der Waals surface area contributed by atoms with Crippen LogP contribution in [0.25, 0.3) is 0 Å². The van der Waals surface area contributed by atoms with Gasteiger partial charge in [-0.25, -0.2) is 0 Å². The van der Waals surface area contributed by atoms with Crippen molar-refractivity contribution in [3.05, 3.63) is 0 Å². The van der Waals surface area contributed by atoms with Gasteiger partial charge >= 0.3 is 5.97 Å². The number of carbonyl (C=O) groups is 1. The summed E-state index contributed by atoms with van der Waals surface area (Å²) in [4.78, 5) is 10.3. The molecule has 0 heterocycles. The van der Waals surface area contributed by atoms with Crippen LogP contribution in [0.2, 0.25) is 0 Å². The van der Waals surface area contributed by atoms with Crippen molar-refractivity contribution in [2.45, 2.75) is 19.3 Å². The first-order chi connectivity index (χ1) is 3.73.